The van der Waals surface area contributed by atoms with Crippen LogP contribution in [-0.2, 0) is 4.79 Å². The second-order valence-electron chi connectivity index (χ2n) is 7.75. The van der Waals surface area contributed by atoms with E-state index in [1.165, 1.54) is 25.7 Å². The third kappa shape index (κ3) is 3.01. The fraction of sp³-hybridized carbons (Fsp3) is 0.632. The van der Waals surface area contributed by atoms with Gasteiger partial charge in [-0.1, -0.05) is 29.6 Å². The number of anilines is 1. The average molecular weight is 367 g/mol. The second kappa shape index (κ2) is 6.42. The molecule has 2 saturated carbocycles. The fourth-order valence-electron chi connectivity index (χ4n) is 5.06. The van der Waals surface area contributed by atoms with Gasteiger partial charge in [-0.05, 0) is 55.7 Å². The van der Waals surface area contributed by atoms with Gasteiger partial charge in [-0.3, -0.25) is 4.79 Å². The lowest BCUT2D eigenvalue weighted by Crippen LogP contribution is -2.44. The van der Waals surface area contributed by atoms with E-state index in [0.29, 0.717) is 22.0 Å². The van der Waals surface area contributed by atoms with Crippen molar-refractivity contribution in [2.45, 2.75) is 38.1 Å². The molecule has 1 amide bonds. The molecule has 0 radical (unpaired) electrons. The molecule has 4 rings (SSSR count). The zero-order valence-corrected chi connectivity index (χ0v) is 15.6. The van der Waals surface area contributed by atoms with Gasteiger partial charge in [0.1, 0.15) is 0 Å². The van der Waals surface area contributed by atoms with Gasteiger partial charge in [0.05, 0.1) is 5.92 Å². The van der Waals surface area contributed by atoms with E-state index in [1.807, 2.05) is 19.2 Å². The lowest BCUT2D eigenvalue weighted by atomic mass is 9.93. The van der Waals surface area contributed by atoms with Crippen LogP contribution in [0.15, 0.2) is 18.2 Å². The van der Waals surface area contributed by atoms with Crippen LogP contribution in [0.1, 0.15) is 32.1 Å². The van der Waals surface area contributed by atoms with Crippen LogP contribution in [0.3, 0.4) is 0 Å². The molecule has 0 N–H and O–H groups in total. The van der Waals surface area contributed by atoms with Crippen LogP contribution >= 0.6 is 23.2 Å². The van der Waals surface area contributed by atoms with Crippen molar-refractivity contribution in [1.29, 1.82) is 0 Å². The summed E-state index contributed by atoms with van der Waals surface area (Å²) in [6.45, 7) is 1.65. The van der Waals surface area contributed by atoms with Crippen LogP contribution < -0.4 is 4.90 Å². The molecule has 1 aromatic rings. The van der Waals surface area contributed by atoms with E-state index >= 15 is 0 Å². The quantitative estimate of drug-likeness (QED) is 0.787. The Hall–Kier alpha value is -0.930. The Kier molecular flexibility index (Phi) is 4.42. The first-order chi connectivity index (χ1) is 11.5. The highest BCUT2D eigenvalue weighted by Crippen LogP contribution is 2.46. The predicted octanol–water partition coefficient (Wildman–Crippen LogP) is 4.47. The first-order valence-corrected chi connectivity index (χ1v) is 9.74. The first-order valence-electron chi connectivity index (χ1n) is 8.99. The molecule has 1 heterocycles. The monoisotopic (exact) mass is 366 g/mol. The molecule has 1 aliphatic heterocycles. The molecular formula is C19H24Cl2N2O. The Balaban J connectivity index is 1.41. The molecule has 1 saturated heterocycles. The third-order valence-corrected chi connectivity index (χ3v) is 6.73. The normalized spacial score (nSPS) is 31.7. The van der Waals surface area contributed by atoms with Crippen LogP contribution in [0.5, 0.6) is 0 Å². The van der Waals surface area contributed by atoms with E-state index in [-0.39, 0.29) is 5.92 Å². The fourth-order valence-corrected chi connectivity index (χ4v) is 5.57. The van der Waals surface area contributed by atoms with Gasteiger partial charge in [-0.2, -0.15) is 0 Å². The van der Waals surface area contributed by atoms with Crippen molar-refractivity contribution >= 4 is 34.8 Å². The molecule has 3 aliphatic rings. The Labute approximate surface area is 153 Å². The van der Waals surface area contributed by atoms with Gasteiger partial charge in [-0.15, -0.1) is 0 Å². The van der Waals surface area contributed by atoms with Gasteiger partial charge < -0.3 is 9.80 Å². The summed E-state index contributed by atoms with van der Waals surface area (Å²) < 4.78 is 0. The van der Waals surface area contributed by atoms with Crippen molar-refractivity contribution in [1.82, 2.24) is 4.90 Å². The van der Waals surface area contributed by atoms with E-state index in [2.05, 4.69) is 9.80 Å². The first kappa shape index (κ1) is 16.5. The number of carbonyl (C=O) groups is 1. The van der Waals surface area contributed by atoms with Gasteiger partial charge in [0.2, 0.25) is 5.91 Å². The van der Waals surface area contributed by atoms with Crippen LogP contribution in [0.4, 0.5) is 5.69 Å². The number of hydrogen-bond acceptors (Lipinski definition) is 2. The lowest BCUT2D eigenvalue weighted by Gasteiger charge is -2.33. The maximum atomic E-state index is 13.0. The molecule has 2 bridgehead atoms. The summed E-state index contributed by atoms with van der Waals surface area (Å²) in [5, 5.41) is 1.29. The maximum absolute atomic E-state index is 13.0. The number of hydrogen-bond donors (Lipinski definition) is 0. The molecule has 4 atom stereocenters. The minimum Gasteiger partial charge on any atom is -0.371 e. The van der Waals surface area contributed by atoms with Gasteiger partial charge >= 0.3 is 0 Å². The minimum atomic E-state index is 0.0897. The molecule has 2 aliphatic carbocycles. The second-order valence-corrected chi connectivity index (χ2v) is 8.62. The zero-order valence-electron chi connectivity index (χ0n) is 14.0. The van der Waals surface area contributed by atoms with E-state index in [1.54, 1.807) is 6.07 Å². The van der Waals surface area contributed by atoms with Crippen LogP contribution in [0.25, 0.3) is 0 Å². The summed E-state index contributed by atoms with van der Waals surface area (Å²) in [6, 6.07) is 6.08. The van der Waals surface area contributed by atoms with Crippen LogP contribution in [0.2, 0.25) is 10.0 Å². The smallest absolute Gasteiger partial charge is 0.227 e. The molecule has 3 fully saturated rings. The summed E-state index contributed by atoms with van der Waals surface area (Å²) >= 11 is 12.2. The molecule has 24 heavy (non-hydrogen) atoms. The molecule has 0 unspecified atom stereocenters. The molecule has 0 aromatic heterocycles. The number of halogens is 2. The predicted molar refractivity (Wildman–Crippen MR) is 98.8 cm³/mol. The lowest BCUT2D eigenvalue weighted by molar-refractivity contribution is -0.136. The molecule has 0 spiro atoms. The zero-order chi connectivity index (χ0) is 16.8. The number of nitrogens with zero attached hydrogens (tertiary/aromatic N) is 2. The summed E-state index contributed by atoms with van der Waals surface area (Å²) in [5.74, 6) is 2.02. The van der Waals surface area contributed by atoms with E-state index in [0.717, 1.165) is 37.0 Å². The summed E-state index contributed by atoms with van der Waals surface area (Å²) in [6.07, 6.45) is 6.14. The number of amides is 1. The Morgan fingerprint density at radius 2 is 1.88 bits per heavy atom. The highest BCUT2D eigenvalue weighted by molar-refractivity contribution is 6.35. The summed E-state index contributed by atoms with van der Waals surface area (Å²) in [5.41, 5.74) is 1.02. The number of rotatable bonds is 3. The van der Waals surface area contributed by atoms with Gasteiger partial charge in [-0.25, -0.2) is 0 Å². The van der Waals surface area contributed by atoms with Crippen LogP contribution in [0, 0.1) is 17.8 Å². The Bertz CT molecular complexity index is 630. The van der Waals surface area contributed by atoms with Crippen molar-refractivity contribution in [2.24, 2.45) is 17.8 Å². The van der Waals surface area contributed by atoms with E-state index in [9.17, 15) is 4.79 Å². The Morgan fingerprint density at radius 3 is 2.50 bits per heavy atom. The highest BCUT2D eigenvalue weighted by Gasteiger charge is 2.44. The summed E-state index contributed by atoms with van der Waals surface area (Å²) in [4.78, 5) is 17.3. The standard InChI is InChI=1S/C19H24Cl2N2O/c1-22(18-7-12-2-3-13(18)6-12)19(24)14-4-5-23(11-14)17-9-15(20)8-16(21)10-17/h8-10,12-14,18H,2-7,11H2,1H3/t12-,13+,14+,18-/m1/s1. The van der Waals surface area contributed by atoms with Crippen molar-refractivity contribution < 1.29 is 4.79 Å². The van der Waals surface area contributed by atoms with Gasteiger partial charge in [0.15, 0.2) is 0 Å². The van der Waals surface area contributed by atoms with E-state index < -0.39 is 0 Å². The molecule has 1 aromatic carbocycles. The Morgan fingerprint density at radius 1 is 1.12 bits per heavy atom. The third-order valence-electron chi connectivity index (χ3n) is 6.30. The van der Waals surface area contributed by atoms with Crippen molar-refractivity contribution in [3.05, 3.63) is 28.2 Å². The highest BCUT2D eigenvalue weighted by atomic mass is 35.5. The van der Waals surface area contributed by atoms with Crippen molar-refractivity contribution in [2.75, 3.05) is 25.0 Å². The van der Waals surface area contributed by atoms with Gasteiger partial charge in [0.25, 0.3) is 0 Å². The molecule has 5 heteroatoms. The number of fused-ring (bicyclic) bond motifs is 2. The van der Waals surface area contributed by atoms with E-state index in [4.69, 9.17) is 23.2 Å². The average Bonchev–Trinajstić information content (AvgIpc) is 3.28. The SMILES string of the molecule is CN(C(=O)[C@H]1CCN(c2cc(Cl)cc(Cl)c2)C1)[C@@H]1C[C@@H]2CC[C@H]1C2. The molecular weight excluding hydrogens is 343 g/mol. The molecule has 3 nitrogen and oxygen atoms in total. The molecule has 130 valence electrons. The minimum absolute atomic E-state index is 0.0897. The van der Waals surface area contributed by atoms with Crippen molar-refractivity contribution in [3.63, 3.8) is 0 Å². The van der Waals surface area contributed by atoms with Gasteiger partial charge in [0, 0.05) is 41.9 Å². The number of benzene rings is 1. The summed E-state index contributed by atoms with van der Waals surface area (Å²) in [7, 11) is 2.02. The van der Waals surface area contributed by atoms with Crippen molar-refractivity contribution in [3.8, 4) is 0 Å². The van der Waals surface area contributed by atoms with Crippen LogP contribution in [-0.4, -0.2) is 37.0 Å². The number of carbonyl (C=O) groups excluding carboxylic acids is 1. The topological polar surface area (TPSA) is 23.6 Å². The largest absolute Gasteiger partial charge is 0.371 e. The maximum Gasteiger partial charge on any atom is 0.227 e.